The highest BCUT2D eigenvalue weighted by molar-refractivity contribution is 7.90. The third-order valence-electron chi connectivity index (χ3n) is 3.83. The molecule has 0 saturated carbocycles. The van der Waals surface area contributed by atoms with Gasteiger partial charge in [0.05, 0.1) is 33.0 Å². The van der Waals surface area contributed by atoms with Crippen LogP contribution in [0, 0.1) is 0 Å². The van der Waals surface area contributed by atoms with Crippen molar-refractivity contribution in [2.24, 2.45) is 0 Å². The van der Waals surface area contributed by atoms with Gasteiger partial charge in [-0.1, -0.05) is 6.07 Å². The normalized spacial score (nSPS) is 10.6. The molecule has 0 fully saturated rings. The van der Waals surface area contributed by atoms with E-state index in [2.05, 4.69) is 25.3 Å². The number of nitrogens with zero attached hydrogens (tertiary/aromatic N) is 2. The second-order valence-corrected chi connectivity index (χ2v) is 7.72. The second-order valence-electron chi connectivity index (χ2n) is 6.07. The number of carbonyl (C=O) groups excluding carboxylic acids is 3. The molecule has 0 saturated heterocycles. The van der Waals surface area contributed by atoms with E-state index in [0.717, 1.165) is 13.2 Å². The van der Waals surface area contributed by atoms with E-state index < -0.39 is 26.9 Å². The summed E-state index contributed by atoms with van der Waals surface area (Å²) in [6.45, 7) is 1.30. The van der Waals surface area contributed by atoms with Gasteiger partial charge in [0.15, 0.2) is 0 Å². The van der Waals surface area contributed by atoms with E-state index in [1.807, 2.05) is 0 Å². The van der Waals surface area contributed by atoms with Gasteiger partial charge in [-0.3, -0.25) is 10.1 Å². The predicted octanol–water partition coefficient (Wildman–Crippen LogP) is 0.427. The van der Waals surface area contributed by atoms with Crippen molar-refractivity contribution in [2.75, 3.05) is 26.6 Å². The molecule has 2 aromatic rings. The van der Waals surface area contributed by atoms with E-state index >= 15 is 0 Å². The van der Waals surface area contributed by atoms with Crippen LogP contribution < -0.4 is 24.8 Å². The molecular formula is C18H21N5O8S. The number of carbonyl (C=O) groups is 3. The number of aromatic nitrogens is 2. The van der Waals surface area contributed by atoms with Gasteiger partial charge in [0.2, 0.25) is 23.6 Å². The number of rotatable bonds is 8. The largest absolute Gasteiger partial charge is 0.481 e. The van der Waals surface area contributed by atoms with Crippen LogP contribution in [0.1, 0.15) is 22.8 Å². The molecule has 0 bridgehead atoms. The lowest BCUT2D eigenvalue weighted by Gasteiger charge is -2.13. The summed E-state index contributed by atoms with van der Waals surface area (Å²) in [6.07, 6.45) is 0. The van der Waals surface area contributed by atoms with Gasteiger partial charge < -0.3 is 19.5 Å². The molecule has 14 heteroatoms. The average molecular weight is 467 g/mol. The quantitative estimate of drug-likeness (QED) is 0.462. The molecule has 1 aromatic heterocycles. The molecule has 0 radical (unpaired) electrons. The van der Waals surface area contributed by atoms with E-state index in [-0.39, 0.29) is 35.7 Å². The molecule has 3 N–H and O–H groups in total. The zero-order valence-corrected chi connectivity index (χ0v) is 18.4. The number of anilines is 1. The fourth-order valence-electron chi connectivity index (χ4n) is 2.38. The van der Waals surface area contributed by atoms with Crippen molar-refractivity contribution in [3.8, 4) is 11.8 Å². The lowest BCUT2D eigenvalue weighted by molar-refractivity contribution is -0.119. The van der Waals surface area contributed by atoms with Crippen LogP contribution in [-0.2, 0) is 26.1 Å². The first kappa shape index (κ1) is 24.3. The van der Waals surface area contributed by atoms with E-state index in [0.29, 0.717) is 5.56 Å². The third-order valence-corrected chi connectivity index (χ3v) is 5.20. The number of urea groups is 1. The lowest BCUT2D eigenvalue weighted by atomic mass is 10.1. The summed E-state index contributed by atoms with van der Waals surface area (Å²) in [5.41, 5.74) is 0.0631. The van der Waals surface area contributed by atoms with E-state index in [4.69, 9.17) is 9.47 Å². The van der Waals surface area contributed by atoms with Crippen LogP contribution in [0.25, 0.3) is 0 Å². The van der Waals surface area contributed by atoms with E-state index in [1.165, 1.54) is 39.3 Å². The first-order valence-corrected chi connectivity index (χ1v) is 10.3. The molecular weight excluding hydrogens is 446 g/mol. The Hall–Kier alpha value is -3.94. The fourth-order valence-corrected chi connectivity index (χ4v) is 3.53. The van der Waals surface area contributed by atoms with Gasteiger partial charge in [-0.15, -0.1) is 0 Å². The number of sulfonamides is 1. The van der Waals surface area contributed by atoms with Crippen molar-refractivity contribution in [2.45, 2.75) is 18.4 Å². The molecule has 0 aliphatic carbocycles. The van der Waals surface area contributed by atoms with Gasteiger partial charge in [-0.25, -0.2) is 22.7 Å². The highest BCUT2D eigenvalue weighted by Gasteiger charge is 2.26. The van der Waals surface area contributed by atoms with Crippen molar-refractivity contribution in [1.29, 1.82) is 0 Å². The van der Waals surface area contributed by atoms with Gasteiger partial charge in [0, 0.05) is 13.5 Å². The Morgan fingerprint density at radius 1 is 1.00 bits per heavy atom. The van der Waals surface area contributed by atoms with Crippen LogP contribution in [0.3, 0.4) is 0 Å². The van der Waals surface area contributed by atoms with E-state index in [1.54, 1.807) is 4.72 Å². The Morgan fingerprint density at radius 3 is 2.16 bits per heavy atom. The van der Waals surface area contributed by atoms with Crippen LogP contribution in [0.15, 0.2) is 29.2 Å². The third kappa shape index (κ3) is 6.28. The summed E-state index contributed by atoms with van der Waals surface area (Å²) in [7, 11) is -0.807. The molecule has 172 valence electrons. The number of amides is 3. The Kier molecular flexibility index (Phi) is 7.90. The van der Waals surface area contributed by atoms with Crippen LogP contribution in [0.2, 0.25) is 0 Å². The van der Waals surface area contributed by atoms with Crippen molar-refractivity contribution in [1.82, 2.24) is 20.0 Å². The minimum atomic E-state index is -4.55. The van der Waals surface area contributed by atoms with Crippen LogP contribution >= 0.6 is 0 Å². The number of benzene rings is 1. The first-order valence-electron chi connectivity index (χ1n) is 8.86. The topological polar surface area (TPSA) is 175 Å². The van der Waals surface area contributed by atoms with Gasteiger partial charge >= 0.3 is 12.0 Å². The SMILES string of the molecule is COC(=O)c1ccc(CNC(C)=O)cc1S(=O)(=O)NC(=O)Nc1nc(OC)cc(OC)n1. The Morgan fingerprint density at radius 2 is 1.62 bits per heavy atom. The summed E-state index contributed by atoms with van der Waals surface area (Å²) >= 11 is 0. The molecule has 0 atom stereocenters. The van der Waals surface area contributed by atoms with Crippen molar-refractivity contribution in [3.05, 3.63) is 35.4 Å². The highest BCUT2D eigenvalue weighted by Crippen LogP contribution is 2.20. The van der Waals surface area contributed by atoms with Crippen LogP contribution in [-0.4, -0.2) is 57.6 Å². The van der Waals surface area contributed by atoms with Gasteiger partial charge in [-0.2, -0.15) is 9.97 Å². The van der Waals surface area contributed by atoms with Gasteiger partial charge in [-0.05, 0) is 17.7 Å². The number of ether oxygens (including phenoxy) is 3. The minimum absolute atomic E-state index is 0.00292. The number of methoxy groups -OCH3 is 3. The molecule has 2 rings (SSSR count). The molecule has 0 aliphatic rings. The number of esters is 1. The molecule has 0 unspecified atom stereocenters. The molecule has 32 heavy (non-hydrogen) atoms. The van der Waals surface area contributed by atoms with Gasteiger partial charge in [0.25, 0.3) is 10.0 Å². The van der Waals surface area contributed by atoms with Crippen LogP contribution in [0.4, 0.5) is 10.7 Å². The highest BCUT2D eigenvalue weighted by atomic mass is 32.2. The number of hydrogen-bond acceptors (Lipinski definition) is 10. The summed E-state index contributed by atoms with van der Waals surface area (Å²) in [5.74, 6) is -1.43. The summed E-state index contributed by atoms with van der Waals surface area (Å²) in [6, 6.07) is 3.94. The predicted molar refractivity (Wildman–Crippen MR) is 110 cm³/mol. The molecule has 1 aromatic carbocycles. The molecule has 3 amide bonds. The maximum absolute atomic E-state index is 12.9. The van der Waals surface area contributed by atoms with Crippen LogP contribution in [0.5, 0.6) is 11.8 Å². The van der Waals surface area contributed by atoms with Crippen molar-refractivity contribution < 1.29 is 37.0 Å². The fraction of sp³-hybridized carbons (Fsp3) is 0.278. The summed E-state index contributed by atoms with van der Waals surface area (Å²) < 4.78 is 42.0. The average Bonchev–Trinajstić information content (AvgIpc) is 2.76. The summed E-state index contributed by atoms with van der Waals surface area (Å²) in [4.78, 5) is 42.7. The van der Waals surface area contributed by atoms with Gasteiger partial charge in [0.1, 0.15) is 4.90 Å². The zero-order chi connectivity index (χ0) is 23.9. The molecule has 0 aliphatic heterocycles. The molecule has 1 heterocycles. The minimum Gasteiger partial charge on any atom is -0.481 e. The zero-order valence-electron chi connectivity index (χ0n) is 17.6. The standard InChI is InChI=1S/C18H21N5O8S/c1-10(24)19-9-11-5-6-12(16(25)31-4)13(7-11)32(27,28)23-18(26)22-17-20-14(29-2)8-15(21-17)30-3/h5-8H,9H2,1-4H3,(H,19,24)(H2,20,21,22,23,26). The number of nitrogens with one attached hydrogen (secondary N) is 3. The monoisotopic (exact) mass is 467 g/mol. The first-order chi connectivity index (χ1) is 15.1. The molecule has 13 nitrogen and oxygen atoms in total. The maximum atomic E-state index is 12.9. The smallest absolute Gasteiger partial charge is 0.339 e. The van der Waals surface area contributed by atoms with E-state index in [9.17, 15) is 22.8 Å². The lowest BCUT2D eigenvalue weighted by Crippen LogP contribution is -2.35. The summed E-state index contributed by atoms with van der Waals surface area (Å²) in [5, 5.41) is 4.66. The Bertz CT molecular complexity index is 1110. The van der Waals surface area contributed by atoms with Crippen molar-refractivity contribution in [3.63, 3.8) is 0 Å². The molecule has 0 spiro atoms. The van der Waals surface area contributed by atoms with Crippen molar-refractivity contribution >= 4 is 33.9 Å². The maximum Gasteiger partial charge on any atom is 0.339 e. The second kappa shape index (κ2) is 10.4. The number of hydrogen-bond donors (Lipinski definition) is 3. The Labute approximate surface area is 183 Å². The Balaban J connectivity index is 2.33.